The maximum Gasteiger partial charge on any atom is 0.261 e. The van der Waals surface area contributed by atoms with Crippen LogP contribution >= 0.6 is 0 Å². The van der Waals surface area contributed by atoms with Crippen LogP contribution in [0.15, 0.2) is 66.7 Å². The predicted octanol–water partition coefficient (Wildman–Crippen LogP) is 4.83. The van der Waals surface area contributed by atoms with E-state index in [2.05, 4.69) is 0 Å². The molecule has 3 aromatic rings. The SMILES string of the molecule is CCOc1cc(C=C2C(=O)N(Cc3ccc(OC)cc3)C(=O)c3ccccc32)ccc1OC. The molecule has 6 nitrogen and oxygen atoms in total. The first kappa shape index (κ1) is 22.1. The number of carbonyl (C=O) groups excluding carboxylic acids is 2. The number of benzene rings is 3. The Morgan fingerprint density at radius 1 is 0.818 bits per heavy atom. The van der Waals surface area contributed by atoms with Gasteiger partial charge in [0.2, 0.25) is 0 Å². The van der Waals surface area contributed by atoms with E-state index in [1.807, 2.05) is 49.4 Å². The van der Waals surface area contributed by atoms with Gasteiger partial charge in [0, 0.05) is 11.1 Å². The van der Waals surface area contributed by atoms with Gasteiger partial charge in [0.15, 0.2) is 11.5 Å². The zero-order chi connectivity index (χ0) is 23.4. The van der Waals surface area contributed by atoms with Gasteiger partial charge in [0.1, 0.15) is 5.75 Å². The minimum Gasteiger partial charge on any atom is -0.497 e. The number of nitrogens with zero attached hydrogens (tertiary/aromatic N) is 1. The number of amides is 2. The summed E-state index contributed by atoms with van der Waals surface area (Å²) in [5.74, 6) is 1.27. The summed E-state index contributed by atoms with van der Waals surface area (Å²) < 4.78 is 16.2. The van der Waals surface area contributed by atoms with E-state index in [9.17, 15) is 9.59 Å². The highest BCUT2D eigenvalue weighted by Gasteiger charge is 2.34. The quantitative estimate of drug-likeness (QED) is 0.387. The monoisotopic (exact) mass is 443 g/mol. The van der Waals surface area contributed by atoms with Gasteiger partial charge in [-0.3, -0.25) is 14.5 Å². The van der Waals surface area contributed by atoms with Crippen LogP contribution in [0.1, 0.15) is 34.0 Å². The molecule has 33 heavy (non-hydrogen) atoms. The molecule has 0 aliphatic carbocycles. The minimum atomic E-state index is -0.344. The molecule has 0 saturated carbocycles. The largest absolute Gasteiger partial charge is 0.497 e. The first-order valence-electron chi connectivity index (χ1n) is 10.7. The molecule has 0 N–H and O–H groups in total. The molecule has 0 radical (unpaired) electrons. The van der Waals surface area contributed by atoms with Crippen LogP contribution in [0.2, 0.25) is 0 Å². The summed E-state index contributed by atoms with van der Waals surface area (Å²) in [4.78, 5) is 28.0. The Balaban J connectivity index is 1.75. The maximum atomic E-state index is 13.5. The van der Waals surface area contributed by atoms with Crippen molar-refractivity contribution in [3.05, 3.63) is 89.0 Å². The van der Waals surface area contributed by atoms with Crippen LogP contribution in [0.4, 0.5) is 0 Å². The molecule has 6 heteroatoms. The van der Waals surface area contributed by atoms with Gasteiger partial charge in [-0.15, -0.1) is 0 Å². The average molecular weight is 443 g/mol. The number of fused-ring (bicyclic) bond motifs is 1. The number of rotatable bonds is 7. The van der Waals surface area contributed by atoms with Crippen LogP contribution in [-0.2, 0) is 11.3 Å². The lowest BCUT2D eigenvalue weighted by molar-refractivity contribution is -0.123. The van der Waals surface area contributed by atoms with Crippen molar-refractivity contribution < 1.29 is 23.8 Å². The summed E-state index contributed by atoms with van der Waals surface area (Å²) in [5.41, 5.74) is 3.17. The van der Waals surface area contributed by atoms with Crippen molar-refractivity contribution in [3.63, 3.8) is 0 Å². The summed E-state index contributed by atoms with van der Waals surface area (Å²) >= 11 is 0. The normalized spacial score (nSPS) is 14.3. The van der Waals surface area contributed by atoms with Crippen LogP contribution in [0, 0.1) is 0 Å². The maximum absolute atomic E-state index is 13.5. The minimum absolute atomic E-state index is 0.167. The van der Waals surface area contributed by atoms with Crippen LogP contribution in [0.5, 0.6) is 17.2 Å². The Morgan fingerprint density at radius 2 is 1.55 bits per heavy atom. The standard InChI is InChI=1S/C27H25NO5/c1-4-33-25-16-19(11-14-24(25)32-3)15-23-21-7-5-6-8-22(21)26(29)28(27(23)30)17-18-9-12-20(31-2)13-10-18/h5-16H,4,17H2,1-3H3. The molecular formula is C27H25NO5. The molecule has 0 unspecified atom stereocenters. The smallest absolute Gasteiger partial charge is 0.261 e. The number of imide groups is 1. The van der Waals surface area contributed by atoms with Crippen LogP contribution in [0.25, 0.3) is 11.6 Å². The predicted molar refractivity (Wildman–Crippen MR) is 126 cm³/mol. The molecule has 0 fully saturated rings. The number of ether oxygens (including phenoxy) is 3. The Labute approximate surface area is 193 Å². The molecule has 3 aromatic carbocycles. The molecule has 168 valence electrons. The fourth-order valence-corrected chi connectivity index (χ4v) is 3.82. The van der Waals surface area contributed by atoms with Gasteiger partial charge in [-0.05, 0) is 60.0 Å². The van der Waals surface area contributed by atoms with Crippen LogP contribution in [0.3, 0.4) is 0 Å². The van der Waals surface area contributed by atoms with E-state index in [1.54, 1.807) is 44.6 Å². The van der Waals surface area contributed by atoms with E-state index in [-0.39, 0.29) is 18.4 Å². The lowest BCUT2D eigenvalue weighted by Crippen LogP contribution is -2.41. The van der Waals surface area contributed by atoms with Gasteiger partial charge in [0.05, 0.1) is 27.4 Å². The van der Waals surface area contributed by atoms with Crippen molar-refractivity contribution >= 4 is 23.5 Å². The van der Waals surface area contributed by atoms with Gasteiger partial charge in [-0.2, -0.15) is 0 Å². The van der Waals surface area contributed by atoms with Crippen LogP contribution < -0.4 is 14.2 Å². The first-order chi connectivity index (χ1) is 16.0. The third kappa shape index (κ3) is 4.46. The number of hydrogen-bond acceptors (Lipinski definition) is 5. The Bertz CT molecular complexity index is 1210. The molecule has 1 aliphatic rings. The molecule has 0 bridgehead atoms. The van der Waals surface area contributed by atoms with Gasteiger partial charge in [-0.1, -0.05) is 36.4 Å². The number of methoxy groups -OCH3 is 2. The molecule has 0 aromatic heterocycles. The molecular weight excluding hydrogens is 418 g/mol. The zero-order valence-electron chi connectivity index (χ0n) is 18.8. The van der Waals surface area contributed by atoms with E-state index in [4.69, 9.17) is 14.2 Å². The van der Waals surface area contributed by atoms with Crippen molar-refractivity contribution in [1.29, 1.82) is 0 Å². The third-order valence-corrected chi connectivity index (χ3v) is 5.47. The second kappa shape index (κ2) is 9.61. The second-order valence-electron chi connectivity index (χ2n) is 7.49. The average Bonchev–Trinajstić information content (AvgIpc) is 2.85. The lowest BCUT2D eigenvalue weighted by Gasteiger charge is -2.29. The second-order valence-corrected chi connectivity index (χ2v) is 7.49. The molecule has 0 atom stereocenters. The summed E-state index contributed by atoms with van der Waals surface area (Å²) in [6.07, 6.45) is 1.79. The number of hydrogen-bond donors (Lipinski definition) is 0. The summed E-state index contributed by atoms with van der Waals surface area (Å²) in [6.45, 7) is 2.55. The summed E-state index contributed by atoms with van der Waals surface area (Å²) in [5, 5.41) is 0. The fourth-order valence-electron chi connectivity index (χ4n) is 3.82. The summed E-state index contributed by atoms with van der Waals surface area (Å²) in [6, 6.07) is 20.0. The highest BCUT2D eigenvalue weighted by atomic mass is 16.5. The topological polar surface area (TPSA) is 65.1 Å². The van der Waals surface area contributed by atoms with Crippen molar-refractivity contribution in [2.75, 3.05) is 20.8 Å². The molecule has 1 heterocycles. The molecule has 0 saturated heterocycles. The Morgan fingerprint density at radius 3 is 2.21 bits per heavy atom. The van der Waals surface area contributed by atoms with Gasteiger partial charge >= 0.3 is 0 Å². The van der Waals surface area contributed by atoms with E-state index in [1.165, 1.54) is 4.90 Å². The highest BCUT2D eigenvalue weighted by molar-refractivity contribution is 6.33. The lowest BCUT2D eigenvalue weighted by atomic mass is 9.91. The number of carbonyl (C=O) groups is 2. The van der Waals surface area contributed by atoms with Gasteiger partial charge in [0.25, 0.3) is 11.8 Å². The Kier molecular flexibility index (Phi) is 6.45. The Hall–Kier alpha value is -4.06. The van der Waals surface area contributed by atoms with Crippen LogP contribution in [-0.4, -0.2) is 37.5 Å². The van der Waals surface area contributed by atoms with E-state index in [0.29, 0.717) is 40.6 Å². The van der Waals surface area contributed by atoms with Crippen molar-refractivity contribution in [3.8, 4) is 17.2 Å². The van der Waals surface area contributed by atoms with E-state index in [0.717, 1.165) is 11.1 Å². The third-order valence-electron chi connectivity index (χ3n) is 5.47. The first-order valence-corrected chi connectivity index (χ1v) is 10.7. The van der Waals surface area contributed by atoms with Crippen molar-refractivity contribution in [1.82, 2.24) is 4.90 Å². The fraction of sp³-hybridized carbons (Fsp3) is 0.185. The molecule has 2 amide bonds. The summed E-state index contributed by atoms with van der Waals surface area (Å²) in [7, 11) is 3.18. The zero-order valence-corrected chi connectivity index (χ0v) is 18.8. The highest BCUT2D eigenvalue weighted by Crippen LogP contribution is 2.34. The van der Waals surface area contributed by atoms with Gasteiger partial charge < -0.3 is 14.2 Å². The molecule has 4 rings (SSSR count). The van der Waals surface area contributed by atoms with Gasteiger partial charge in [-0.25, -0.2) is 0 Å². The molecule has 0 spiro atoms. The molecule has 1 aliphatic heterocycles. The van der Waals surface area contributed by atoms with Crippen molar-refractivity contribution in [2.24, 2.45) is 0 Å². The van der Waals surface area contributed by atoms with Crippen molar-refractivity contribution in [2.45, 2.75) is 13.5 Å². The van der Waals surface area contributed by atoms with E-state index < -0.39 is 0 Å². The van der Waals surface area contributed by atoms with E-state index >= 15 is 0 Å².